The van der Waals surface area contributed by atoms with Crippen molar-refractivity contribution < 1.29 is 14.7 Å². The third kappa shape index (κ3) is 3.53. The van der Waals surface area contributed by atoms with Crippen LogP contribution in [0.4, 0.5) is 5.69 Å². The lowest BCUT2D eigenvalue weighted by Gasteiger charge is -2.01. The van der Waals surface area contributed by atoms with Crippen molar-refractivity contribution in [3.63, 3.8) is 0 Å². The van der Waals surface area contributed by atoms with Gasteiger partial charge in [0.15, 0.2) is 0 Å². The maximum absolute atomic E-state index is 11.0. The number of hydrogen-bond acceptors (Lipinski definition) is 3. The fourth-order valence-corrected chi connectivity index (χ4v) is 1.03. The fourth-order valence-electron chi connectivity index (χ4n) is 0.792. The van der Waals surface area contributed by atoms with E-state index in [1.807, 2.05) is 0 Å². The Morgan fingerprint density at radius 2 is 2.21 bits per heavy atom. The van der Waals surface area contributed by atoms with Crippen molar-refractivity contribution in [3.05, 3.63) is 22.9 Å². The summed E-state index contributed by atoms with van der Waals surface area (Å²) in [7, 11) is 0. The molecule has 5 nitrogen and oxygen atoms in total. The van der Waals surface area contributed by atoms with Crippen molar-refractivity contribution in [2.45, 2.75) is 6.42 Å². The molecule has 1 amide bonds. The molecule has 0 aliphatic rings. The Labute approximate surface area is 88.3 Å². The third-order valence-electron chi connectivity index (χ3n) is 1.32. The Hall–Kier alpha value is -1.43. The molecule has 0 aliphatic heterocycles. The number of nitrogens with zero attached hydrogens (tertiary/aromatic N) is 1. The highest BCUT2D eigenvalue weighted by atomic mass is 79.9. The molecule has 0 bridgehead atoms. The quantitative estimate of drug-likeness (QED) is 0.632. The molecule has 0 aromatic carbocycles. The molecule has 0 unspecified atom stereocenters. The summed E-state index contributed by atoms with van der Waals surface area (Å²) in [5, 5.41) is 10.7. The smallest absolute Gasteiger partial charge is 0.312 e. The van der Waals surface area contributed by atoms with Crippen molar-refractivity contribution in [3.8, 4) is 0 Å². The van der Waals surface area contributed by atoms with E-state index in [9.17, 15) is 9.59 Å². The number of anilines is 1. The number of aromatic nitrogens is 1. The van der Waals surface area contributed by atoms with Crippen LogP contribution in [-0.4, -0.2) is 22.0 Å². The summed E-state index contributed by atoms with van der Waals surface area (Å²) in [4.78, 5) is 25.0. The zero-order valence-corrected chi connectivity index (χ0v) is 8.61. The Morgan fingerprint density at radius 1 is 1.50 bits per heavy atom. The number of rotatable bonds is 3. The van der Waals surface area contributed by atoms with Crippen LogP contribution in [0.2, 0.25) is 0 Å². The Bertz CT molecular complexity index is 350. The van der Waals surface area contributed by atoms with Crippen LogP contribution in [0.3, 0.4) is 0 Å². The lowest BCUT2D eigenvalue weighted by molar-refractivity contribution is -0.139. The van der Waals surface area contributed by atoms with Gasteiger partial charge in [0, 0.05) is 0 Å². The van der Waals surface area contributed by atoms with E-state index in [-0.39, 0.29) is 0 Å². The molecule has 0 atom stereocenters. The van der Waals surface area contributed by atoms with Crippen molar-refractivity contribution >= 4 is 33.5 Å². The number of aliphatic carboxylic acids is 1. The first-order valence-electron chi connectivity index (χ1n) is 3.71. The summed E-state index contributed by atoms with van der Waals surface area (Å²) >= 11 is 3.13. The molecule has 2 N–H and O–H groups in total. The Kier molecular flexibility index (Phi) is 3.58. The maximum Gasteiger partial charge on any atom is 0.312 e. The van der Waals surface area contributed by atoms with Crippen LogP contribution in [0.25, 0.3) is 0 Å². The zero-order chi connectivity index (χ0) is 10.6. The molecule has 1 heterocycles. The van der Waals surface area contributed by atoms with Crippen LogP contribution in [0, 0.1) is 0 Å². The number of carboxylic acids is 1. The van der Waals surface area contributed by atoms with Gasteiger partial charge in [-0.1, -0.05) is 0 Å². The minimum Gasteiger partial charge on any atom is -0.481 e. The lowest BCUT2D eigenvalue weighted by atomic mass is 10.3. The van der Waals surface area contributed by atoms with Gasteiger partial charge in [-0.3, -0.25) is 9.59 Å². The van der Waals surface area contributed by atoms with Crippen molar-refractivity contribution in [2.75, 3.05) is 5.32 Å². The highest BCUT2D eigenvalue weighted by Crippen LogP contribution is 2.10. The number of nitrogens with one attached hydrogen (secondary N) is 1. The number of amides is 1. The van der Waals surface area contributed by atoms with E-state index < -0.39 is 18.3 Å². The lowest BCUT2D eigenvalue weighted by Crippen LogP contribution is -2.15. The normalized spacial score (nSPS) is 9.50. The van der Waals surface area contributed by atoms with Gasteiger partial charge in [-0.05, 0) is 28.1 Å². The first-order valence-corrected chi connectivity index (χ1v) is 4.50. The Balaban J connectivity index is 2.56. The van der Waals surface area contributed by atoms with Crippen LogP contribution in [0.5, 0.6) is 0 Å². The molecule has 1 aromatic rings. The van der Waals surface area contributed by atoms with E-state index in [4.69, 9.17) is 5.11 Å². The van der Waals surface area contributed by atoms with Gasteiger partial charge in [-0.15, -0.1) is 0 Å². The van der Waals surface area contributed by atoms with Gasteiger partial charge in [-0.2, -0.15) is 0 Å². The summed E-state index contributed by atoms with van der Waals surface area (Å²) in [6.45, 7) is 0. The van der Waals surface area contributed by atoms with Gasteiger partial charge in [-0.25, -0.2) is 4.98 Å². The minimum absolute atomic E-state index is 0.472. The first kappa shape index (κ1) is 10.6. The van der Waals surface area contributed by atoms with Crippen LogP contribution >= 0.6 is 15.9 Å². The van der Waals surface area contributed by atoms with E-state index >= 15 is 0 Å². The molecule has 14 heavy (non-hydrogen) atoms. The number of carboxylic acid groups (broad SMARTS) is 1. The molecule has 0 saturated heterocycles. The predicted molar refractivity (Wildman–Crippen MR) is 52.8 cm³/mol. The standard InChI is InChI=1S/C8H7BrN2O3/c9-6-2-1-5(4-10-6)11-7(12)3-8(13)14/h1-2,4H,3H2,(H,11,12)(H,13,14). The minimum atomic E-state index is -1.16. The summed E-state index contributed by atoms with van der Waals surface area (Å²) in [6, 6.07) is 3.27. The summed E-state index contributed by atoms with van der Waals surface area (Å²) in [5.41, 5.74) is 0.472. The van der Waals surface area contributed by atoms with Crippen molar-refractivity contribution in [1.82, 2.24) is 4.98 Å². The molecule has 1 rings (SSSR count). The highest BCUT2D eigenvalue weighted by molar-refractivity contribution is 9.10. The van der Waals surface area contributed by atoms with Crippen LogP contribution in [-0.2, 0) is 9.59 Å². The zero-order valence-electron chi connectivity index (χ0n) is 7.03. The molecule has 0 radical (unpaired) electrons. The largest absolute Gasteiger partial charge is 0.481 e. The average Bonchev–Trinajstić information content (AvgIpc) is 2.07. The second-order valence-electron chi connectivity index (χ2n) is 2.49. The SMILES string of the molecule is O=C(O)CC(=O)Nc1ccc(Br)nc1. The maximum atomic E-state index is 11.0. The molecule has 6 heteroatoms. The van der Waals surface area contributed by atoms with Crippen molar-refractivity contribution in [1.29, 1.82) is 0 Å². The number of carbonyl (C=O) groups is 2. The molecule has 0 aliphatic carbocycles. The van der Waals surface area contributed by atoms with E-state index in [0.717, 1.165) is 0 Å². The molecule has 0 spiro atoms. The predicted octanol–water partition coefficient (Wildman–Crippen LogP) is 1.26. The van der Waals surface area contributed by atoms with E-state index in [1.165, 1.54) is 6.20 Å². The van der Waals surface area contributed by atoms with Gasteiger partial charge >= 0.3 is 5.97 Å². The first-order chi connectivity index (χ1) is 6.58. The van der Waals surface area contributed by atoms with Gasteiger partial charge in [0.2, 0.25) is 5.91 Å². The van der Waals surface area contributed by atoms with E-state index in [0.29, 0.717) is 10.3 Å². The van der Waals surface area contributed by atoms with Crippen LogP contribution in [0.1, 0.15) is 6.42 Å². The highest BCUT2D eigenvalue weighted by Gasteiger charge is 2.07. The molecular weight excluding hydrogens is 252 g/mol. The summed E-state index contributed by atoms with van der Waals surface area (Å²) in [5.74, 6) is -1.73. The van der Waals surface area contributed by atoms with Gasteiger partial charge in [0.25, 0.3) is 0 Å². The second-order valence-corrected chi connectivity index (χ2v) is 3.30. The molecule has 0 saturated carbocycles. The van der Waals surface area contributed by atoms with E-state index in [2.05, 4.69) is 26.2 Å². The number of carbonyl (C=O) groups excluding carboxylic acids is 1. The molecule has 74 valence electrons. The fraction of sp³-hybridized carbons (Fsp3) is 0.125. The number of hydrogen-bond donors (Lipinski definition) is 2. The van der Waals surface area contributed by atoms with Gasteiger partial charge in [0.1, 0.15) is 11.0 Å². The topological polar surface area (TPSA) is 79.3 Å². The van der Waals surface area contributed by atoms with Crippen LogP contribution in [0.15, 0.2) is 22.9 Å². The third-order valence-corrected chi connectivity index (χ3v) is 1.79. The van der Waals surface area contributed by atoms with Crippen LogP contribution < -0.4 is 5.32 Å². The van der Waals surface area contributed by atoms with Gasteiger partial charge in [0.05, 0.1) is 11.9 Å². The Morgan fingerprint density at radius 3 is 2.71 bits per heavy atom. The van der Waals surface area contributed by atoms with Crippen molar-refractivity contribution in [2.24, 2.45) is 0 Å². The summed E-state index contributed by atoms with van der Waals surface area (Å²) in [6.07, 6.45) is 0.889. The average molecular weight is 259 g/mol. The molecule has 0 fully saturated rings. The number of halogens is 1. The molecule has 1 aromatic heterocycles. The van der Waals surface area contributed by atoms with Gasteiger partial charge < -0.3 is 10.4 Å². The molecular formula is C8H7BrN2O3. The number of pyridine rings is 1. The van der Waals surface area contributed by atoms with E-state index in [1.54, 1.807) is 12.1 Å². The monoisotopic (exact) mass is 258 g/mol. The second kappa shape index (κ2) is 4.71. The summed E-state index contributed by atoms with van der Waals surface area (Å²) < 4.78 is 0.647.